The van der Waals surface area contributed by atoms with Crippen molar-refractivity contribution in [3.05, 3.63) is 0 Å². The van der Waals surface area contributed by atoms with Crippen LogP contribution in [-0.2, 0) is 0 Å². The van der Waals surface area contributed by atoms with Crippen LogP contribution in [0.1, 0.15) is 84.5 Å². The van der Waals surface area contributed by atoms with Gasteiger partial charge in [0.15, 0.2) is 0 Å². The van der Waals surface area contributed by atoms with Gasteiger partial charge in [-0.1, -0.05) is 39.5 Å². The van der Waals surface area contributed by atoms with Crippen molar-refractivity contribution in [2.75, 3.05) is 0 Å². The third-order valence-corrected chi connectivity index (χ3v) is 8.57. The lowest BCUT2D eigenvalue weighted by molar-refractivity contribution is -0.0623. The number of hydrogen-bond donors (Lipinski definition) is 0. The lowest BCUT2D eigenvalue weighted by Gasteiger charge is -2.55. The molecule has 0 aromatic carbocycles. The van der Waals surface area contributed by atoms with Gasteiger partial charge in [0, 0.05) is 0 Å². The molecule has 4 aliphatic rings. The molecule has 0 bridgehead atoms. The SMILES string of the molecule is CC[C@H]1CC[C@H]2[C@@H]3CCC4CCCC[C@@H]4[C@H]3CC[C@]12C. The van der Waals surface area contributed by atoms with Gasteiger partial charge in [-0.05, 0) is 85.9 Å². The molecule has 0 aromatic heterocycles. The molecular formula is C20H34. The van der Waals surface area contributed by atoms with Crippen LogP contribution in [0.15, 0.2) is 0 Å². The summed E-state index contributed by atoms with van der Waals surface area (Å²) in [5.41, 5.74) is 0.734. The normalized spacial score (nSPS) is 54.9. The highest BCUT2D eigenvalue weighted by molar-refractivity contribution is 5.05. The quantitative estimate of drug-likeness (QED) is 0.545. The third kappa shape index (κ3) is 1.85. The van der Waals surface area contributed by atoms with E-state index in [1.54, 1.807) is 57.8 Å². The molecule has 4 rings (SSSR count). The van der Waals surface area contributed by atoms with E-state index in [0.29, 0.717) is 0 Å². The van der Waals surface area contributed by atoms with Gasteiger partial charge in [-0.15, -0.1) is 0 Å². The van der Waals surface area contributed by atoms with Crippen LogP contribution in [0.2, 0.25) is 0 Å². The van der Waals surface area contributed by atoms with E-state index in [9.17, 15) is 0 Å². The van der Waals surface area contributed by atoms with Crippen LogP contribution in [0, 0.1) is 40.9 Å². The standard InChI is InChI=1S/C20H34/c1-3-15-9-11-19-18-10-8-14-6-4-5-7-16(14)17(18)12-13-20(15,19)2/h14-19H,3-13H2,1-2H3/t14?,15-,16-,17+,18+,19-,20+/m0/s1. The summed E-state index contributed by atoms with van der Waals surface area (Å²) >= 11 is 0. The van der Waals surface area contributed by atoms with Gasteiger partial charge in [0.1, 0.15) is 0 Å². The van der Waals surface area contributed by atoms with E-state index >= 15 is 0 Å². The first-order chi connectivity index (χ1) is 9.74. The van der Waals surface area contributed by atoms with Gasteiger partial charge < -0.3 is 0 Å². The monoisotopic (exact) mass is 274 g/mol. The molecule has 4 aliphatic carbocycles. The first-order valence-electron chi connectivity index (χ1n) is 9.74. The van der Waals surface area contributed by atoms with Crippen molar-refractivity contribution in [3.63, 3.8) is 0 Å². The fraction of sp³-hybridized carbons (Fsp3) is 1.00. The predicted molar refractivity (Wildman–Crippen MR) is 85.5 cm³/mol. The predicted octanol–water partition coefficient (Wildman–Crippen LogP) is 6.06. The molecule has 7 atom stereocenters. The van der Waals surface area contributed by atoms with E-state index in [0.717, 1.165) is 40.9 Å². The Kier molecular flexibility index (Phi) is 3.43. The van der Waals surface area contributed by atoms with Gasteiger partial charge in [0.25, 0.3) is 0 Å². The molecule has 20 heavy (non-hydrogen) atoms. The van der Waals surface area contributed by atoms with Gasteiger partial charge in [0.05, 0.1) is 0 Å². The molecule has 1 unspecified atom stereocenters. The molecule has 0 spiro atoms. The van der Waals surface area contributed by atoms with Gasteiger partial charge in [-0.3, -0.25) is 0 Å². The number of rotatable bonds is 1. The molecule has 0 amide bonds. The molecule has 0 radical (unpaired) electrons. The Morgan fingerprint density at radius 1 is 0.800 bits per heavy atom. The zero-order valence-electron chi connectivity index (χ0n) is 13.7. The molecule has 0 heterocycles. The Hall–Kier alpha value is 0. The number of hydrogen-bond acceptors (Lipinski definition) is 0. The highest BCUT2D eigenvalue weighted by Crippen LogP contribution is 2.64. The zero-order valence-corrected chi connectivity index (χ0v) is 13.7. The second-order valence-corrected chi connectivity index (χ2v) is 8.95. The summed E-state index contributed by atoms with van der Waals surface area (Å²) in [6, 6.07) is 0. The Bertz CT molecular complexity index is 359. The Morgan fingerprint density at radius 3 is 2.50 bits per heavy atom. The zero-order chi connectivity index (χ0) is 13.7. The van der Waals surface area contributed by atoms with Gasteiger partial charge >= 0.3 is 0 Å². The van der Waals surface area contributed by atoms with Gasteiger partial charge in [-0.25, -0.2) is 0 Å². The molecule has 0 aromatic rings. The minimum Gasteiger partial charge on any atom is -0.0651 e. The second kappa shape index (κ2) is 5.03. The summed E-state index contributed by atoms with van der Waals surface area (Å²) in [6.45, 7) is 5.13. The maximum absolute atomic E-state index is 2.68. The van der Waals surface area contributed by atoms with E-state index in [2.05, 4.69) is 13.8 Å². The van der Waals surface area contributed by atoms with Crippen molar-refractivity contribution in [3.8, 4) is 0 Å². The third-order valence-electron chi connectivity index (χ3n) is 8.57. The molecular weight excluding hydrogens is 240 g/mol. The van der Waals surface area contributed by atoms with Crippen LogP contribution >= 0.6 is 0 Å². The molecule has 0 saturated heterocycles. The maximum atomic E-state index is 2.68. The lowest BCUT2D eigenvalue weighted by Crippen LogP contribution is -2.47. The van der Waals surface area contributed by atoms with Crippen LogP contribution in [0.25, 0.3) is 0 Å². The van der Waals surface area contributed by atoms with Crippen molar-refractivity contribution >= 4 is 0 Å². The van der Waals surface area contributed by atoms with Crippen LogP contribution in [0.4, 0.5) is 0 Å². The minimum absolute atomic E-state index is 0.734. The van der Waals surface area contributed by atoms with Crippen LogP contribution in [0.5, 0.6) is 0 Å². The van der Waals surface area contributed by atoms with Crippen LogP contribution in [0.3, 0.4) is 0 Å². The fourth-order valence-corrected chi connectivity index (χ4v) is 7.61. The van der Waals surface area contributed by atoms with E-state index in [-0.39, 0.29) is 0 Å². The summed E-state index contributed by atoms with van der Waals surface area (Å²) in [4.78, 5) is 0. The average molecular weight is 274 g/mol. The van der Waals surface area contributed by atoms with Crippen molar-refractivity contribution < 1.29 is 0 Å². The molecule has 4 saturated carbocycles. The Morgan fingerprint density at radius 2 is 1.65 bits per heavy atom. The summed E-state index contributed by atoms with van der Waals surface area (Å²) in [5, 5.41) is 0. The highest BCUT2D eigenvalue weighted by atomic mass is 14.6. The Labute approximate surface area is 126 Å². The highest BCUT2D eigenvalue weighted by Gasteiger charge is 2.55. The minimum atomic E-state index is 0.734. The summed E-state index contributed by atoms with van der Waals surface area (Å²) in [7, 11) is 0. The smallest absolute Gasteiger partial charge is 0.0266 e. The number of fused-ring (bicyclic) bond motifs is 5. The Balaban J connectivity index is 1.57. The van der Waals surface area contributed by atoms with Crippen molar-refractivity contribution in [2.24, 2.45) is 40.9 Å². The van der Waals surface area contributed by atoms with E-state index in [1.165, 1.54) is 12.8 Å². The molecule has 0 aliphatic heterocycles. The van der Waals surface area contributed by atoms with Gasteiger partial charge in [-0.2, -0.15) is 0 Å². The molecule has 0 nitrogen and oxygen atoms in total. The summed E-state index contributed by atoms with van der Waals surface area (Å²) < 4.78 is 0. The molecule has 114 valence electrons. The fourth-order valence-electron chi connectivity index (χ4n) is 7.61. The topological polar surface area (TPSA) is 0 Å². The van der Waals surface area contributed by atoms with Crippen molar-refractivity contribution in [1.82, 2.24) is 0 Å². The van der Waals surface area contributed by atoms with Crippen LogP contribution < -0.4 is 0 Å². The van der Waals surface area contributed by atoms with Gasteiger partial charge in [0.2, 0.25) is 0 Å². The largest absolute Gasteiger partial charge is 0.0651 e. The maximum Gasteiger partial charge on any atom is -0.0266 e. The molecule has 0 N–H and O–H groups in total. The van der Waals surface area contributed by atoms with Crippen molar-refractivity contribution in [1.29, 1.82) is 0 Å². The molecule has 4 fully saturated rings. The van der Waals surface area contributed by atoms with E-state index in [1.807, 2.05) is 0 Å². The second-order valence-electron chi connectivity index (χ2n) is 8.95. The van der Waals surface area contributed by atoms with E-state index in [4.69, 9.17) is 0 Å². The lowest BCUT2D eigenvalue weighted by atomic mass is 9.49. The summed E-state index contributed by atoms with van der Waals surface area (Å²) in [5.74, 6) is 6.71. The summed E-state index contributed by atoms with van der Waals surface area (Å²) in [6.07, 6.45) is 17.2. The average Bonchev–Trinajstić information content (AvgIpc) is 2.83. The van der Waals surface area contributed by atoms with Crippen molar-refractivity contribution in [2.45, 2.75) is 84.5 Å². The van der Waals surface area contributed by atoms with E-state index < -0.39 is 0 Å². The first kappa shape index (κ1) is 13.6. The first-order valence-corrected chi connectivity index (χ1v) is 9.74. The molecule has 0 heteroatoms. The van der Waals surface area contributed by atoms with Crippen LogP contribution in [-0.4, -0.2) is 0 Å².